The summed E-state index contributed by atoms with van der Waals surface area (Å²) in [6.07, 6.45) is 59.4. The van der Waals surface area contributed by atoms with Crippen LogP contribution in [0.1, 0.15) is 252 Å². The Hall–Kier alpha value is -4.36. The van der Waals surface area contributed by atoms with Gasteiger partial charge in [-0.15, -0.1) is 0 Å². The number of carboxylic acid groups (broad SMARTS) is 1. The van der Waals surface area contributed by atoms with Crippen LogP contribution < -0.4 is 0 Å². The first-order valence-electron chi connectivity index (χ1n) is 31.2. The van der Waals surface area contributed by atoms with E-state index in [1.165, 1.54) is 70.6 Å². The second-order valence-electron chi connectivity index (χ2n) is 20.9. The zero-order chi connectivity index (χ0) is 57.5. The zero-order valence-electron chi connectivity index (χ0n) is 49.6. The molecule has 1 heterocycles. The van der Waals surface area contributed by atoms with Crippen LogP contribution in [0.25, 0.3) is 0 Å². The molecule has 0 aromatic carbocycles. The van der Waals surface area contributed by atoms with E-state index in [0.29, 0.717) is 25.7 Å². The molecule has 0 spiro atoms. The molecule has 79 heavy (non-hydrogen) atoms. The lowest BCUT2D eigenvalue weighted by molar-refractivity contribution is -0.301. The van der Waals surface area contributed by atoms with E-state index in [0.717, 1.165) is 116 Å². The summed E-state index contributed by atoms with van der Waals surface area (Å²) in [5.74, 6) is -3.21. The van der Waals surface area contributed by atoms with Crippen molar-refractivity contribution in [3.8, 4) is 0 Å². The number of allylic oxidation sites excluding steroid dienone is 16. The van der Waals surface area contributed by atoms with Crippen molar-refractivity contribution in [3.63, 3.8) is 0 Å². The van der Waals surface area contributed by atoms with Gasteiger partial charge in [-0.3, -0.25) is 14.4 Å². The largest absolute Gasteiger partial charge is 0.479 e. The number of hydrogen-bond acceptors (Lipinski definition) is 11. The second kappa shape index (κ2) is 54.2. The monoisotopic (exact) mass is 1110 g/mol. The number of hydrogen-bond donors (Lipinski definition) is 3. The second-order valence-corrected chi connectivity index (χ2v) is 20.9. The molecule has 1 saturated heterocycles. The summed E-state index contributed by atoms with van der Waals surface area (Å²) in [7, 11) is 0. The first-order valence-corrected chi connectivity index (χ1v) is 31.2. The van der Waals surface area contributed by atoms with Gasteiger partial charge in [-0.1, -0.05) is 240 Å². The van der Waals surface area contributed by atoms with Crippen LogP contribution in [-0.4, -0.2) is 89.2 Å². The Balaban J connectivity index is 2.71. The maximum atomic E-state index is 13.2. The zero-order valence-corrected chi connectivity index (χ0v) is 49.6. The number of carbonyl (C=O) groups is 4. The molecule has 0 bridgehead atoms. The summed E-state index contributed by atoms with van der Waals surface area (Å²) in [4.78, 5) is 51.2. The Morgan fingerprint density at radius 3 is 1.25 bits per heavy atom. The van der Waals surface area contributed by atoms with Crippen LogP contribution in [-0.2, 0) is 42.9 Å². The molecule has 1 fully saturated rings. The van der Waals surface area contributed by atoms with E-state index in [2.05, 4.69) is 112 Å². The standard InChI is InChI=1S/C67H110O12/c1-4-7-10-13-16-19-22-25-28-30-33-35-38-41-44-47-50-53-59(68)75-56-58(77-60(69)54-51-48-45-42-39-36-32-27-24-21-18-15-12-9-6-3)57-76-67-65(63(72)62(71)64(79-67)66(73)74)78-61(70)55-52-49-46-43-40-37-34-31-29-26-23-20-17-14-11-8-5-2/h7-8,10-11,16-17,19-20,25-26,28-29,33,35,41,44,58,62-65,67,71-72H,4-6,9,12-15,18,21-24,27,30-32,34,36-40,42-43,45-57H2,1-3H3,(H,73,74)/b10-7-,11-8-,19-16-,20-17-,28-25-,29-26-,35-33-,44-41-. The molecule has 0 aromatic rings. The Morgan fingerprint density at radius 2 is 0.810 bits per heavy atom. The predicted octanol–water partition coefficient (Wildman–Crippen LogP) is 16.5. The molecule has 6 unspecified atom stereocenters. The van der Waals surface area contributed by atoms with E-state index in [4.69, 9.17) is 23.7 Å². The fourth-order valence-corrected chi connectivity index (χ4v) is 8.95. The van der Waals surface area contributed by atoms with Crippen molar-refractivity contribution >= 4 is 23.9 Å². The van der Waals surface area contributed by atoms with Crippen molar-refractivity contribution in [1.82, 2.24) is 0 Å². The van der Waals surface area contributed by atoms with Crippen LogP contribution in [0.4, 0.5) is 0 Å². The van der Waals surface area contributed by atoms with Gasteiger partial charge in [0.2, 0.25) is 0 Å². The summed E-state index contributed by atoms with van der Waals surface area (Å²) >= 11 is 0. The van der Waals surface area contributed by atoms with E-state index >= 15 is 0 Å². The number of rotatable bonds is 52. The number of carboxylic acids is 1. The molecular weight excluding hydrogens is 997 g/mol. The van der Waals surface area contributed by atoms with Crippen LogP contribution in [0, 0.1) is 0 Å². The highest BCUT2D eigenvalue weighted by atomic mass is 16.7. The molecule has 450 valence electrons. The van der Waals surface area contributed by atoms with E-state index in [-0.39, 0.29) is 25.9 Å². The lowest BCUT2D eigenvalue weighted by Crippen LogP contribution is -2.61. The minimum absolute atomic E-state index is 0.0408. The van der Waals surface area contributed by atoms with Gasteiger partial charge < -0.3 is 39.0 Å². The molecule has 12 nitrogen and oxygen atoms in total. The Morgan fingerprint density at radius 1 is 0.430 bits per heavy atom. The molecule has 0 aliphatic carbocycles. The van der Waals surface area contributed by atoms with Gasteiger partial charge in [0, 0.05) is 19.3 Å². The van der Waals surface area contributed by atoms with E-state index in [1.54, 1.807) is 0 Å². The van der Waals surface area contributed by atoms with Gasteiger partial charge >= 0.3 is 23.9 Å². The average molecular weight is 1110 g/mol. The summed E-state index contributed by atoms with van der Waals surface area (Å²) in [6.45, 7) is 5.73. The number of ether oxygens (including phenoxy) is 5. The van der Waals surface area contributed by atoms with E-state index in [1.807, 2.05) is 6.08 Å². The number of aliphatic carboxylic acids is 1. The first kappa shape index (κ1) is 72.7. The average Bonchev–Trinajstić information content (AvgIpc) is 3.47. The molecule has 0 amide bonds. The van der Waals surface area contributed by atoms with Crippen LogP contribution in [0.3, 0.4) is 0 Å². The van der Waals surface area contributed by atoms with Crippen LogP contribution >= 0.6 is 0 Å². The summed E-state index contributed by atoms with van der Waals surface area (Å²) in [5.41, 5.74) is 0. The van der Waals surface area contributed by atoms with Gasteiger partial charge in [-0.2, -0.15) is 0 Å². The molecule has 1 aliphatic rings. The third-order valence-electron chi connectivity index (χ3n) is 13.7. The number of aliphatic hydroxyl groups excluding tert-OH is 2. The minimum Gasteiger partial charge on any atom is -0.479 e. The van der Waals surface area contributed by atoms with Crippen molar-refractivity contribution < 1.29 is 58.2 Å². The molecule has 1 rings (SSSR count). The third kappa shape index (κ3) is 44.0. The summed E-state index contributed by atoms with van der Waals surface area (Å²) in [5, 5.41) is 31.5. The van der Waals surface area contributed by atoms with Gasteiger partial charge in [0.1, 0.15) is 18.8 Å². The smallest absolute Gasteiger partial charge is 0.335 e. The Bertz CT molecular complexity index is 1740. The quantitative estimate of drug-likeness (QED) is 0.0228. The van der Waals surface area contributed by atoms with Crippen molar-refractivity contribution in [1.29, 1.82) is 0 Å². The lowest BCUT2D eigenvalue weighted by atomic mass is 9.98. The van der Waals surface area contributed by atoms with Crippen molar-refractivity contribution in [2.24, 2.45) is 0 Å². The fourth-order valence-electron chi connectivity index (χ4n) is 8.95. The van der Waals surface area contributed by atoms with Crippen LogP contribution in [0.2, 0.25) is 0 Å². The molecule has 1 aliphatic heterocycles. The number of aliphatic hydroxyl groups is 2. The topological polar surface area (TPSA) is 175 Å². The predicted molar refractivity (Wildman–Crippen MR) is 321 cm³/mol. The number of esters is 3. The Kier molecular flexibility index (Phi) is 49.9. The molecule has 0 aromatic heterocycles. The first-order chi connectivity index (χ1) is 38.6. The summed E-state index contributed by atoms with van der Waals surface area (Å²) in [6, 6.07) is 0. The highest BCUT2D eigenvalue weighted by Gasteiger charge is 2.50. The van der Waals surface area contributed by atoms with Gasteiger partial charge in [0.05, 0.1) is 6.61 Å². The van der Waals surface area contributed by atoms with Crippen LogP contribution in [0.15, 0.2) is 97.2 Å². The molecule has 0 radical (unpaired) electrons. The summed E-state index contributed by atoms with van der Waals surface area (Å²) < 4.78 is 28.4. The SMILES string of the molecule is CC/C=C\C/C=C\C/C=C\C/C=C\C/C=C\CCCC(=O)OCC(COC1OC(C(=O)O)C(O)C(O)C1OC(=O)CCCCCCCCC/C=C\C/C=C\C/C=C\CC)OC(=O)CCCCCCCCCCCCCCCCC. The van der Waals surface area contributed by atoms with Gasteiger partial charge in [-0.05, 0) is 89.9 Å². The molecular formula is C67H110O12. The van der Waals surface area contributed by atoms with Crippen molar-refractivity contribution in [2.45, 2.75) is 289 Å². The van der Waals surface area contributed by atoms with Crippen molar-refractivity contribution in [3.05, 3.63) is 97.2 Å². The third-order valence-corrected chi connectivity index (χ3v) is 13.7. The molecule has 6 atom stereocenters. The lowest BCUT2D eigenvalue weighted by Gasteiger charge is -2.40. The fraction of sp³-hybridized carbons (Fsp3) is 0.701. The maximum Gasteiger partial charge on any atom is 0.335 e. The number of carbonyl (C=O) groups excluding carboxylic acids is 3. The molecule has 0 saturated carbocycles. The highest BCUT2D eigenvalue weighted by Crippen LogP contribution is 2.26. The Labute approximate surface area is 479 Å². The molecule has 12 heteroatoms. The number of unbranched alkanes of at least 4 members (excludes halogenated alkanes) is 22. The van der Waals surface area contributed by atoms with E-state index in [9.17, 15) is 34.5 Å². The van der Waals surface area contributed by atoms with Crippen molar-refractivity contribution in [2.75, 3.05) is 13.2 Å². The van der Waals surface area contributed by atoms with Crippen LogP contribution in [0.5, 0.6) is 0 Å². The highest BCUT2D eigenvalue weighted by molar-refractivity contribution is 5.74. The molecule has 3 N–H and O–H groups in total. The maximum absolute atomic E-state index is 13.2. The normalized spacial score (nSPS) is 18.5. The van der Waals surface area contributed by atoms with Gasteiger partial charge in [0.25, 0.3) is 0 Å². The van der Waals surface area contributed by atoms with E-state index < -0.39 is 67.3 Å². The van der Waals surface area contributed by atoms with Gasteiger partial charge in [-0.25, -0.2) is 4.79 Å². The van der Waals surface area contributed by atoms with Gasteiger partial charge in [0.15, 0.2) is 24.6 Å². The minimum atomic E-state index is -1.92.